The Labute approximate surface area is 213 Å². The quantitative estimate of drug-likeness (QED) is 0.431. The summed E-state index contributed by atoms with van der Waals surface area (Å²) in [6.45, 7) is 2.35. The molecule has 200 valence electrons. The molecule has 37 heavy (non-hydrogen) atoms. The van der Waals surface area contributed by atoms with Crippen molar-refractivity contribution < 1.29 is 32.6 Å². The minimum atomic E-state index is -4.79. The van der Waals surface area contributed by atoms with Gasteiger partial charge in [0.2, 0.25) is 0 Å². The Morgan fingerprint density at radius 1 is 1.27 bits per heavy atom. The van der Waals surface area contributed by atoms with E-state index < -0.39 is 35.2 Å². The lowest BCUT2D eigenvalue weighted by Crippen LogP contribution is -2.43. The van der Waals surface area contributed by atoms with Crippen LogP contribution >= 0.6 is 0 Å². The zero-order valence-electron chi connectivity index (χ0n) is 20.6. The monoisotopic (exact) mass is 520 g/mol. The molecule has 8 nitrogen and oxygen atoms in total. The van der Waals surface area contributed by atoms with Crippen LogP contribution in [0.5, 0.6) is 0 Å². The molecule has 0 saturated heterocycles. The molecule has 3 heterocycles. The molecule has 0 bridgehead atoms. The SMILES string of the molecule is Cc1cncc(C(F)(F)F)c1C(=O)N[C@@H](CCOC1CC(CCc2ccc3c(n2)NCCC3)C1)C(=O)O. The smallest absolute Gasteiger partial charge is 0.418 e. The minimum Gasteiger partial charge on any atom is -0.480 e. The van der Waals surface area contributed by atoms with Crippen molar-refractivity contribution in [2.24, 2.45) is 5.92 Å². The van der Waals surface area contributed by atoms with Crippen molar-refractivity contribution in [2.75, 3.05) is 18.5 Å². The number of ether oxygens (including phenoxy) is 1. The summed E-state index contributed by atoms with van der Waals surface area (Å²) in [6.07, 6.45) is 2.63. The van der Waals surface area contributed by atoms with Crippen LogP contribution in [0.25, 0.3) is 0 Å². The Morgan fingerprint density at radius 3 is 2.78 bits per heavy atom. The number of halogens is 3. The summed E-state index contributed by atoms with van der Waals surface area (Å²) in [5.41, 5.74) is 0.513. The maximum absolute atomic E-state index is 13.3. The number of hydrogen-bond donors (Lipinski definition) is 3. The van der Waals surface area contributed by atoms with E-state index >= 15 is 0 Å². The molecule has 0 radical (unpaired) electrons. The number of amides is 1. The van der Waals surface area contributed by atoms with Crippen molar-refractivity contribution in [3.63, 3.8) is 0 Å². The average molecular weight is 521 g/mol. The number of pyridine rings is 2. The summed E-state index contributed by atoms with van der Waals surface area (Å²) in [5, 5.41) is 15.0. The molecule has 1 fully saturated rings. The van der Waals surface area contributed by atoms with Gasteiger partial charge in [0.05, 0.1) is 17.2 Å². The third kappa shape index (κ3) is 6.76. The fourth-order valence-electron chi connectivity index (χ4n) is 4.83. The Hall–Kier alpha value is -3.21. The summed E-state index contributed by atoms with van der Waals surface area (Å²) in [5.74, 6) is -0.946. The van der Waals surface area contributed by atoms with Crippen LogP contribution in [-0.2, 0) is 28.5 Å². The van der Waals surface area contributed by atoms with E-state index in [2.05, 4.69) is 27.8 Å². The zero-order chi connectivity index (χ0) is 26.6. The molecule has 2 aromatic heterocycles. The van der Waals surface area contributed by atoms with Gasteiger partial charge in [-0.15, -0.1) is 0 Å². The summed E-state index contributed by atoms with van der Waals surface area (Å²) in [6, 6.07) is 2.86. The number of anilines is 1. The van der Waals surface area contributed by atoms with E-state index in [0.29, 0.717) is 12.1 Å². The van der Waals surface area contributed by atoms with Crippen LogP contribution < -0.4 is 10.6 Å². The van der Waals surface area contributed by atoms with Crippen LogP contribution in [0.4, 0.5) is 19.0 Å². The number of carboxylic acids is 1. The molecular weight excluding hydrogens is 489 g/mol. The normalized spacial score (nSPS) is 19.8. The van der Waals surface area contributed by atoms with Gasteiger partial charge in [-0.05, 0) is 68.6 Å². The Bertz CT molecular complexity index is 1140. The second kappa shape index (κ2) is 11.5. The fraction of sp³-hybridized carbons (Fsp3) is 0.538. The number of hydrogen-bond acceptors (Lipinski definition) is 6. The first kappa shape index (κ1) is 26.8. The van der Waals surface area contributed by atoms with Gasteiger partial charge in [0, 0.05) is 37.7 Å². The standard InChI is InChI=1S/C26H31F3N4O4/c1-15-13-30-14-20(26(27,28)29)22(15)24(34)33-21(25(35)36)8-10-37-19-11-16(12-19)4-6-18-7-5-17-3-2-9-31-23(17)32-18/h5,7,13-14,16,19,21H,2-4,6,8-12H2,1H3,(H,31,32)(H,33,34)(H,35,36)/t16?,19?,21-/m0/s1. The first-order chi connectivity index (χ1) is 17.6. The van der Waals surface area contributed by atoms with Crippen molar-refractivity contribution >= 4 is 17.7 Å². The van der Waals surface area contributed by atoms with E-state index in [1.54, 1.807) is 0 Å². The lowest BCUT2D eigenvalue weighted by Gasteiger charge is -2.35. The number of aliphatic carboxylic acids is 1. The number of carbonyl (C=O) groups excluding carboxylic acids is 1. The maximum atomic E-state index is 13.3. The second-order valence-electron chi connectivity index (χ2n) is 9.74. The van der Waals surface area contributed by atoms with Crippen molar-refractivity contribution in [3.8, 4) is 0 Å². The lowest BCUT2D eigenvalue weighted by atomic mass is 9.79. The summed E-state index contributed by atoms with van der Waals surface area (Å²) >= 11 is 0. The number of alkyl halides is 3. The van der Waals surface area contributed by atoms with Crippen molar-refractivity contribution in [2.45, 2.75) is 70.2 Å². The summed E-state index contributed by atoms with van der Waals surface area (Å²) in [4.78, 5) is 32.4. The van der Waals surface area contributed by atoms with E-state index in [1.165, 1.54) is 12.5 Å². The van der Waals surface area contributed by atoms with Gasteiger partial charge in [-0.25, -0.2) is 9.78 Å². The van der Waals surface area contributed by atoms with Gasteiger partial charge in [-0.1, -0.05) is 6.07 Å². The van der Waals surface area contributed by atoms with Gasteiger partial charge in [0.25, 0.3) is 5.91 Å². The number of aryl methyl sites for hydroxylation is 3. The number of nitrogens with one attached hydrogen (secondary N) is 2. The average Bonchev–Trinajstić information content (AvgIpc) is 2.83. The zero-order valence-corrected chi connectivity index (χ0v) is 20.6. The highest BCUT2D eigenvalue weighted by atomic mass is 19.4. The van der Waals surface area contributed by atoms with Crippen LogP contribution in [0.2, 0.25) is 0 Å². The Kier molecular flexibility index (Phi) is 8.31. The van der Waals surface area contributed by atoms with Crippen LogP contribution in [-0.4, -0.2) is 52.2 Å². The molecule has 4 rings (SSSR count). The molecule has 0 spiro atoms. The molecule has 11 heteroatoms. The number of carboxylic acid groups (broad SMARTS) is 1. The van der Waals surface area contributed by atoms with Gasteiger partial charge in [-0.3, -0.25) is 9.78 Å². The Balaban J connectivity index is 1.21. The molecule has 0 aromatic carbocycles. The number of nitrogens with zero attached hydrogens (tertiary/aromatic N) is 2. The number of aromatic nitrogens is 2. The van der Waals surface area contributed by atoms with Crippen molar-refractivity contribution in [3.05, 3.63) is 52.5 Å². The molecule has 0 unspecified atom stereocenters. The number of rotatable bonds is 10. The first-order valence-electron chi connectivity index (χ1n) is 12.5. The van der Waals surface area contributed by atoms with Crippen LogP contribution in [0.3, 0.4) is 0 Å². The lowest BCUT2D eigenvalue weighted by molar-refractivity contribution is -0.140. The highest BCUT2D eigenvalue weighted by molar-refractivity contribution is 5.99. The third-order valence-electron chi connectivity index (χ3n) is 6.98. The van der Waals surface area contributed by atoms with Gasteiger partial charge >= 0.3 is 12.1 Å². The van der Waals surface area contributed by atoms with Gasteiger partial charge < -0.3 is 20.5 Å². The van der Waals surface area contributed by atoms with Gasteiger partial charge in [-0.2, -0.15) is 13.2 Å². The van der Waals surface area contributed by atoms with E-state index in [-0.39, 0.29) is 24.7 Å². The van der Waals surface area contributed by atoms with E-state index in [1.807, 2.05) is 0 Å². The number of carbonyl (C=O) groups is 2. The highest BCUT2D eigenvalue weighted by Gasteiger charge is 2.37. The van der Waals surface area contributed by atoms with E-state index in [9.17, 15) is 27.9 Å². The van der Waals surface area contributed by atoms with Crippen LogP contribution in [0, 0.1) is 12.8 Å². The van der Waals surface area contributed by atoms with Crippen LogP contribution in [0.15, 0.2) is 24.5 Å². The van der Waals surface area contributed by atoms with E-state index in [0.717, 1.165) is 62.8 Å². The summed E-state index contributed by atoms with van der Waals surface area (Å²) < 4.78 is 45.7. The fourth-order valence-corrected chi connectivity index (χ4v) is 4.83. The molecule has 2 aromatic rings. The molecule has 1 saturated carbocycles. The van der Waals surface area contributed by atoms with Crippen LogP contribution in [0.1, 0.15) is 64.8 Å². The molecular formula is C26H31F3N4O4. The molecule has 1 amide bonds. The highest BCUT2D eigenvalue weighted by Crippen LogP contribution is 2.34. The largest absolute Gasteiger partial charge is 0.480 e. The molecule has 1 atom stereocenters. The Morgan fingerprint density at radius 2 is 2.05 bits per heavy atom. The number of fused-ring (bicyclic) bond motifs is 1. The van der Waals surface area contributed by atoms with E-state index in [4.69, 9.17) is 9.72 Å². The van der Waals surface area contributed by atoms with Crippen molar-refractivity contribution in [1.29, 1.82) is 0 Å². The predicted octanol–water partition coefficient (Wildman–Crippen LogP) is 4.16. The minimum absolute atomic E-state index is 0.00702. The topological polar surface area (TPSA) is 113 Å². The predicted molar refractivity (Wildman–Crippen MR) is 129 cm³/mol. The first-order valence-corrected chi connectivity index (χ1v) is 12.5. The van der Waals surface area contributed by atoms with Gasteiger partial charge in [0.1, 0.15) is 11.9 Å². The second-order valence-corrected chi connectivity index (χ2v) is 9.74. The van der Waals surface area contributed by atoms with Gasteiger partial charge in [0.15, 0.2) is 0 Å². The molecule has 2 aliphatic rings. The van der Waals surface area contributed by atoms with Crippen molar-refractivity contribution in [1.82, 2.24) is 15.3 Å². The molecule has 3 N–H and O–H groups in total. The maximum Gasteiger partial charge on any atom is 0.418 e. The summed E-state index contributed by atoms with van der Waals surface area (Å²) in [7, 11) is 0. The molecule has 1 aliphatic carbocycles. The molecule has 1 aliphatic heterocycles. The third-order valence-corrected chi connectivity index (χ3v) is 6.98.